The number of hydrogen-bond donors (Lipinski definition) is 2. The average Bonchev–Trinajstić information content (AvgIpc) is 2.93. The van der Waals surface area contributed by atoms with E-state index in [1.165, 1.54) is 0 Å². The molecular formula is C19H21N5O. The van der Waals surface area contributed by atoms with E-state index in [-0.39, 0.29) is 17.4 Å². The molecule has 0 unspecified atom stereocenters. The lowest BCUT2D eigenvalue weighted by molar-refractivity contribution is 0.102. The second-order valence-electron chi connectivity index (χ2n) is 6.18. The van der Waals surface area contributed by atoms with E-state index in [1.807, 2.05) is 63.2 Å². The van der Waals surface area contributed by atoms with Gasteiger partial charge in [0, 0.05) is 5.69 Å². The highest BCUT2D eigenvalue weighted by Crippen LogP contribution is 2.19. The average molecular weight is 335 g/mol. The summed E-state index contributed by atoms with van der Waals surface area (Å²) in [4.78, 5) is 12.5. The highest BCUT2D eigenvalue weighted by Gasteiger charge is 2.18. The Kier molecular flexibility index (Phi) is 4.52. The summed E-state index contributed by atoms with van der Waals surface area (Å²) < 4.78 is 1.54. The number of carbonyl (C=O) groups is 1. The van der Waals surface area contributed by atoms with Gasteiger partial charge >= 0.3 is 0 Å². The van der Waals surface area contributed by atoms with E-state index in [4.69, 9.17) is 5.73 Å². The van der Waals surface area contributed by atoms with Crippen molar-refractivity contribution in [3.05, 3.63) is 70.4 Å². The van der Waals surface area contributed by atoms with Crippen LogP contribution in [-0.2, 0) is 6.54 Å². The summed E-state index contributed by atoms with van der Waals surface area (Å²) in [6.45, 7) is 6.45. The predicted molar refractivity (Wildman–Crippen MR) is 98.6 cm³/mol. The van der Waals surface area contributed by atoms with Crippen LogP contribution < -0.4 is 11.1 Å². The molecule has 0 radical (unpaired) electrons. The van der Waals surface area contributed by atoms with Gasteiger partial charge in [-0.1, -0.05) is 47.2 Å². The van der Waals surface area contributed by atoms with Crippen molar-refractivity contribution in [3.63, 3.8) is 0 Å². The van der Waals surface area contributed by atoms with Crippen LogP contribution >= 0.6 is 0 Å². The summed E-state index contributed by atoms with van der Waals surface area (Å²) >= 11 is 0. The van der Waals surface area contributed by atoms with E-state index in [0.717, 1.165) is 27.9 Å². The van der Waals surface area contributed by atoms with Gasteiger partial charge in [0.15, 0.2) is 11.5 Å². The molecule has 0 aliphatic heterocycles. The Morgan fingerprint density at radius 1 is 1.12 bits per heavy atom. The molecule has 3 aromatic rings. The van der Waals surface area contributed by atoms with Crippen molar-refractivity contribution < 1.29 is 4.79 Å². The maximum Gasteiger partial charge on any atom is 0.280 e. The van der Waals surface area contributed by atoms with Crippen molar-refractivity contribution in [1.29, 1.82) is 0 Å². The fourth-order valence-corrected chi connectivity index (χ4v) is 2.68. The lowest BCUT2D eigenvalue weighted by Crippen LogP contribution is -2.16. The van der Waals surface area contributed by atoms with Gasteiger partial charge in [-0.3, -0.25) is 4.79 Å². The Bertz CT molecular complexity index is 929. The molecule has 0 saturated heterocycles. The van der Waals surface area contributed by atoms with Crippen LogP contribution in [0.2, 0.25) is 0 Å². The Morgan fingerprint density at radius 3 is 2.60 bits per heavy atom. The molecule has 0 spiro atoms. The van der Waals surface area contributed by atoms with Crippen LogP contribution in [0.15, 0.2) is 42.5 Å². The third-order valence-electron chi connectivity index (χ3n) is 4.20. The molecule has 0 fully saturated rings. The Balaban J connectivity index is 1.80. The molecule has 2 aromatic carbocycles. The maximum atomic E-state index is 12.5. The van der Waals surface area contributed by atoms with Crippen LogP contribution in [0.25, 0.3) is 0 Å². The fraction of sp³-hybridized carbons (Fsp3) is 0.211. The van der Waals surface area contributed by atoms with Crippen LogP contribution in [-0.4, -0.2) is 20.9 Å². The fourth-order valence-electron chi connectivity index (χ4n) is 2.68. The molecular weight excluding hydrogens is 314 g/mol. The van der Waals surface area contributed by atoms with Crippen molar-refractivity contribution in [2.75, 3.05) is 11.1 Å². The van der Waals surface area contributed by atoms with Gasteiger partial charge in [0.05, 0.1) is 6.54 Å². The standard InChI is InChI=1S/C19H21N5O/c1-12-8-9-16(14(3)10-12)21-19(25)17-18(20)24(23-22-17)11-15-7-5-4-6-13(15)2/h4-10H,11,20H2,1-3H3,(H,21,25). The number of amides is 1. The zero-order chi connectivity index (χ0) is 18.0. The van der Waals surface area contributed by atoms with Gasteiger partial charge in [0.25, 0.3) is 5.91 Å². The molecule has 0 aliphatic carbocycles. The minimum atomic E-state index is -0.361. The molecule has 128 valence electrons. The highest BCUT2D eigenvalue weighted by atomic mass is 16.2. The quantitative estimate of drug-likeness (QED) is 0.767. The first-order valence-corrected chi connectivity index (χ1v) is 8.08. The first kappa shape index (κ1) is 16.7. The van der Waals surface area contributed by atoms with E-state index in [1.54, 1.807) is 4.68 Å². The summed E-state index contributed by atoms with van der Waals surface area (Å²) in [6, 6.07) is 13.8. The number of carbonyl (C=O) groups excluding carboxylic acids is 1. The summed E-state index contributed by atoms with van der Waals surface area (Å²) in [7, 11) is 0. The van der Waals surface area contributed by atoms with Crippen molar-refractivity contribution in [2.24, 2.45) is 0 Å². The van der Waals surface area contributed by atoms with E-state index in [0.29, 0.717) is 6.54 Å². The monoisotopic (exact) mass is 335 g/mol. The number of nitrogen functional groups attached to an aromatic ring is 1. The lowest BCUT2D eigenvalue weighted by atomic mass is 10.1. The number of nitrogens with two attached hydrogens (primary N) is 1. The molecule has 6 heteroatoms. The van der Waals surface area contributed by atoms with Crippen LogP contribution in [0.4, 0.5) is 11.5 Å². The first-order chi connectivity index (χ1) is 12.0. The second kappa shape index (κ2) is 6.76. The summed E-state index contributed by atoms with van der Waals surface area (Å²) in [5.41, 5.74) is 11.3. The van der Waals surface area contributed by atoms with Gasteiger partial charge in [-0.05, 0) is 43.5 Å². The van der Waals surface area contributed by atoms with Crippen molar-refractivity contribution in [1.82, 2.24) is 15.0 Å². The van der Waals surface area contributed by atoms with E-state index in [9.17, 15) is 4.79 Å². The van der Waals surface area contributed by atoms with Crippen LogP contribution in [0, 0.1) is 20.8 Å². The zero-order valence-electron chi connectivity index (χ0n) is 14.6. The smallest absolute Gasteiger partial charge is 0.280 e. The van der Waals surface area contributed by atoms with Gasteiger partial charge in [-0.25, -0.2) is 4.68 Å². The van der Waals surface area contributed by atoms with E-state index in [2.05, 4.69) is 15.6 Å². The Morgan fingerprint density at radius 2 is 1.88 bits per heavy atom. The van der Waals surface area contributed by atoms with Gasteiger partial charge in [-0.15, -0.1) is 5.10 Å². The Hall–Kier alpha value is -3.15. The highest BCUT2D eigenvalue weighted by molar-refractivity contribution is 6.06. The van der Waals surface area contributed by atoms with Crippen molar-refractivity contribution in [2.45, 2.75) is 27.3 Å². The number of aromatic nitrogens is 3. The molecule has 0 bridgehead atoms. The van der Waals surface area contributed by atoms with Gasteiger partial charge in [0.1, 0.15) is 0 Å². The molecule has 25 heavy (non-hydrogen) atoms. The number of aryl methyl sites for hydroxylation is 3. The maximum absolute atomic E-state index is 12.5. The third-order valence-corrected chi connectivity index (χ3v) is 4.20. The molecule has 3 rings (SSSR count). The molecule has 1 aromatic heterocycles. The normalized spacial score (nSPS) is 10.7. The summed E-state index contributed by atoms with van der Waals surface area (Å²) in [5.74, 6) is -0.106. The van der Waals surface area contributed by atoms with Crippen molar-refractivity contribution in [3.8, 4) is 0 Å². The number of nitrogens with one attached hydrogen (secondary N) is 1. The topological polar surface area (TPSA) is 85.8 Å². The van der Waals surface area contributed by atoms with Gasteiger partial charge in [-0.2, -0.15) is 0 Å². The number of hydrogen-bond acceptors (Lipinski definition) is 4. The molecule has 1 amide bonds. The largest absolute Gasteiger partial charge is 0.382 e. The van der Waals surface area contributed by atoms with E-state index < -0.39 is 0 Å². The predicted octanol–water partition coefficient (Wildman–Crippen LogP) is 3.09. The third kappa shape index (κ3) is 3.52. The van der Waals surface area contributed by atoms with E-state index >= 15 is 0 Å². The molecule has 0 saturated carbocycles. The van der Waals surface area contributed by atoms with Gasteiger partial charge < -0.3 is 11.1 Å². The number of nitrogens with zero attached hydrogens (tertiary/aromatic N) is 3. The van der Waals surface area contributed by atoms with Gasteiger partial charge in [0.2, 0.25) is 0 Å². The second-order valence-corrected chi connectivity index (χ2v) is 6.18. The van der Waals surface area contributed by atoms with Crippen LogP contribution in [0.5, 0.6) is 0 Å². The summed E-state index contributed by atoms with van der Waals surface area (Å²) in [5, 5.41) is 10.8. The number of benzene rings is 2. The number of rotatable bonds is 4. The zero-order valence-corrected chi connectivity index (χ0v) is 14.6. The molecule has 3 N–H and O–H groups in total. The molecule has 0 aliphatic rings. The Labute approximate surface area is 146 Å². The lowest BCUT2D eigenvalue weighted by Gasteiger charge is -2.09. The summed E-state index contributed by atoms with van der Waals surface area (Å²) in [6.07, 6.45) is 0. The molecule has 0 atom stereocenters. The minimum absolute atomic E-state index is 0.133. The van der Waals surface area contributed by atoms with Crippen molar-refractivity contribution >= 4 is 17.4 Å². The molecule has 1 heterocycles. The number of anilines is 2. The first-order valence-electron chi connectivity index (χ1n) is 8.08. The van der Waals surface area contributed by atoms with Crippen LogP contribution in [0.3, 0.4) is 0 Å². The minimum Gasteiger partial charge on any atom is -0.382 e. The van der Waals surface area contributed by atoms with Crippen LogP contribution in [0.1, 0.15) is 32.7 Å². The SMILES string of the molecule is Cc1ccc(NC(=O)c2nnn(Cc3ccccc3C)c2N)c(C)c1. The molecule has 6 nitrogen and oxygen atoms in total.